The third-order valence-electron chi connectivity index (χ3n) is 5.27. The van der Waals surface area contributed by atoms with E-state index in [4.69, 9.17) is 9.47 Å². The molecule has 0 aliphatic rings. The highest BCUT2D eigenvalue weighted by Gasteiger charge is 2.24. The molecule has 1 N–H and O–H groups in total. The molecule has 35 heavy (non-hydrogen) atoms. The highest BCUT2D eigenvalue weighted by Crippen LogP contribution is 2.23. The quantitative estimate of drug-likeness (QED) is 0.390. The van der Waals surface area contributed by atoms with Crippen LogP contribution in [-0.2, 0) is 11.8 Å². The second-order valence-electron chi connectivity index (χ2n) is 7.64. The molecule has 0 aliphatic heterocycles. The number of amides is 2. The second-order valence-corrected chi connectivity index (χ2v) is 7.64. The Labute approximate surface area is 200 Å². The van der Waals surface area contributed by atoms with Gasteiger partial charge >= 0.3 is 0 Å². The van der Waals surface area contributed by atoms with E-state index in [2.05, 4.69) is 20.5 Å². The van der Waals surface area contributed by atoms with Crippen LogP contribution in [0.5, 0.6) is 5.75 Å². The molecule has 0 saturated carbocycles. The molecule has 3 heterocycles. The summed E-state index contributed by atoms with van der Waals surface area (Å²) < 4.78 is 25.3. The largest absolute Gasteiger partial charge is 0.463 e. The van der Waals surface area contributed by atoms with Gasteiger partial charge in [-0.15, -0.1) is 5.10 Å². The van der Waals surface area contributed by atoms with Crippen LogP contribution in [0.3, 0.4) is 0 Å². The van der Waals surface area contributed by atoms with E-state index in [-0.39, 0.29) is 17.2 Å². The summed E-state index contributed by atoms with van der Waals surface area (Å²) in [6.45, 7) is -0.184. The van der Waals surface area contributed by atoms with Crippen molar-refractivity contribution in [2.45, 2.75) is 0 Å². The minimum Gasteiger partial charge on any atom is -0.463 e. The lowest BCUT2D eigenvalue weighted by Gasteiger charge is -2.16. The molecule has 0 atom stereocenters. The minimum atomic E-state index is -0.932. The molecule has 3 aromatic heterocycles. The number of nitrogens with one attached hydrogen (secondary N) is 1. The first-order valence-corrected chi connectivity index (χ1v) is 10.6. The molecule has 11 nitrogen and oxygen atoms in total. The van der Waals surface area contributed by atoms with Crippen molar-refractivity contribution < 1.29 is 23.5 Å². The number of hydrogen-bond acceptors (Lipinski definition) is 7. The second kappa shape index (κ2) is 10.3. The summed E-state index contributed by atoms with van der Waals surface area (Å²) in [5, 5.41) is 11.3. The van der Waals surface area contributed by atoms with Gasteiger partial charge in [0.2, 0.25) is 6.86 Å². The summed E-state index contributed by atoms with van der Waals surface area (Å²) in [6, 6.07) is 10.1. The molecular weight excluding hydrogens is 457 g/mol. The van der Waals surface area contributed by atoms with Gasteiger partial charge in [0.15, 0.2) is 11.5 Å². The normalized spacial score (nSPS) is 11.0. The van der Waals surface area contributed by atoms with Crippen molar-refractivity contribution in [2.75, 3.05) is 39.5 Å². The number of fused-ring (bicyclic) bond motifs is 1. The first-order chi connectivity index (χ1) is 16.9. The maximum absolute atomic E-state index is 13.1. The summed E-state index contributed by atoms with van der Waals surface area (Å²) in [5.41, 5.74) is 1.91. The fraction of sp³-hybridized carbons (Fsp3) is 0.261. The molecule has 4 aromatic rings. The third kappa shape index (κ3) is 5.11. The third-order valence-corrected chi connectivity index (χ3v) is 5.27. The van der Waals surface area contributed by atoms with Crippen LogP contribution < -0.4 is 10.1 Å². The van der Waals surface area contributed by atoms with Gasteiger partial charge in [-0.2, -0.15) is 5.10 Å². The number of rotatable bonds is 9. The molecule has 0 bridgehead atoms. The van der Waals surface area contributed by atoms with Crippen LogP contribution in [0.15, 0.2) is 48.8 Å². The number of benzene rings is 1. The number of aromatic nitrogens is 5. The van der Waals surface area contributed by atoms with Gasteiger partial charge in [-0.3, -0.25) is 14.3 Å². The zero-order valence-corrected chi connectivity index (χ0v) is 19.4. The SMILES string of the molecule is COCCN(C)C(=O)c1cnn(C)c1C(=O)Nc1ccn2nc(-c3cccc(OCF)c3)nc2c1. The van der Waals surface area contributed by atoms with Gasteiger partial charge < -0.3 is 19.7 Å². The van der Waals surface area contributed by atoms with E-state index in [9.17, 15) is 14.0 Å². The molecule has 0 radical (unpaired) electrons. The van der Waals surface area contributed by atoms with Crippen molar-refractivity contribution in [2.24, 2.45) is 7.05 Å². The Morgan fingerprint density at radius 1 is 1.23 bits per heavy atom. The maximum atomic E-state index is 13.1. The van der Waals surface area contributed by atoms with E-state index >= 15 is 0 Å². The monoisotopic (exact) mass is 481 g/mol. The Morgan fingerprint density at radius 3 is 2.83 bits per heavy atom. The van der Waals surface area contributed by atoms with Gasteiger partial charge in [0.25, 0.3) is 11.8 Å². The van der Waals surface area contributed by atoms with Crippen molar-refractivity contribution in [1.82, 2.24) is 29.3 Å². The molecule has 0 aliphatic carbocycles. The molecule has 0 unspecified atom stereocenters. The summed E-state index contributed by atoms with van der Waals surface area (Å²) in [4.78, 5) is 31.8. The summed E-state index contributed by atoms with van der Waals surface area (Å²) >= 11 is 0. The molecule has 2 amide bonds. The molecule has 0 spiro atoms. The van der Waals surface area contributed by atoms with Crippen LogP contribution in [0, 0.1) is 0 Å². The van der Waals surface area contributed by atoms with Crippen molar-refractivity contribution in [3.05, 3.63) is 60.0 Å². The zero-order valence-electron chi connectivity index (χ0n) is 19.4. The number of likely N-dealkylation sites (N-methyl/N-ethyl adjacent to an activating group) is 1. The number of nitrogens with zero attached hydrogens (tertiary/aromatic N) is 6. The molecule has 0 fully saturated rings. The predicted octanol–water partition coefficient (Wildman–Crippen LogP) is 2.41. The fourth-order valence-corrected chi connectivity index (χ4v) is 3.46. The van der Waals surface area contributed by atoms with Crippen LogP contribution in [0.25, 0.3) is 17.0 Å². The predicted molar refractivity (Wildman–Crippen MR) is 125 cm³/mol. The first kappa shape index (κ1) is 23.8. The first-order valence-electron chi connectivity index (χ1n) is 10.6. The van der Waals surface area contributed by atoms with Crippen LogP contribution in [0.1, 0.15) is 20.8 Å². The van der Waals surface area contributed by atoms with Crippen molar-refractivity contribution >= 4 is 23.1 Å². The van der Waals surface area contributed by atoms with Crippen molar-refractivity contribution in [1.29, 1.82) is 0 Å². The smallest absolute Gasteiger partial charge is 0.274 e. The van der Waals surface area contributed by atoms with Gasteiger partial charge in [-0.1, -0.05) is 12.1 Å². The number of alkyl halides is 1. The van der Waals surface area contributed by atoms with E-state index in [1.165, 1.54) is 15.8 Å². The van der Waals surface area contributed by atoms with E-state index in [1.54, 1.807) is 68.3 Å². The van der Waals surface area contributed by atoms with E-state index in [0.29, 0.717) is 41.6 Å². The lowest BCUT2D eigenvalue weighted by Crippen LogP contribution is -2.31. The molecule has 12 heteroatoms. The molecule has 182 valence electrons. The van der Waals surface area contributed by atoms with E-state index < -0.39 is 12.8 Å². The zero-order chi connectivity index (χ0) is 24.9. The molecular formula is C23H24FN7O4. The lowest BCUT2D eigenvalue weighted by atomic mass is 10.2. The standard InChI is InChI=1S/C23H24FN7O4/c1-29(9-10-34-3)23(33)18-13-25-30(2)20(18)22(32)26-16-7-8-31-19(12-16)27-21(28-31)15-5-4-6-17(11-15)35-14-24/h4-8,11-13H,9-10,14H2,1-3H3,(H,26,32). The number of carbonyl (C=O) groups excluding carboxylic acids is 2. The number of anilines is 1. The van der Waals surface area contributed by atoms with Crippen LogP contribution >= 0.6 is 0 Å². The summed E-state index contributed by atoms with van der Waals surface area (Å²) in [6.07, 6.45) is 3.02. The van der Waals surface area contributed by atoms with E-state index in [1.807, 2.05) is 0 Å². The van der Waals surface area contributed by atoms with Gasteiger partial charge in [-0.25, -0.2) is 13.9 Å². The Bertz CT molecular complexity index is 1370. The highest BCUT2D eigenvalue weighted by atomic mass is 19.1. The van der Waals surface area contributed by atoms with Gasteiger partial charge in [0.1, 0.15) is 11.4 Å². The summed E-state index contributed by atoms with van der Waals surface area (Å²) in [5.74, 6) is -0.0481. The average molecular weight is 481 g/mol. The summed E-state index contributed by atoms with van der Waals surface area (Å²) in [7, 11) is 4.77. The number of hydrogen-bond donors (Lipinski definition) is 1. The Kier molecular flexibility index (Phi) is 7.01. The maximum Gasteiger partial charge on any atom is 0.274 e. The number of halogens is 1. The van der Waals surface area contributed by atoms with Crippen LogP contribution in [0.4, 0.5) is 10.1 Å². The number of ether oxygens (including phenoxy) is 2. The Morgan fingerprint density at radius 2 is 2.06 bits per heavy atom. The Balaban J connectivity index is 1.56. The fourth-order valence-electron chi connectivity index (χ4n) is 3.46. The van der Waals surface area contributed by atoms with E-state index in [0.717, 1.165) is 0 Å². The minimum absolute atomic E-state index is 0.131. The number of carbonyl (C=O) groups is 2. The molecule has 0 saturated heterocycles. The average Bonchev–Trinajstić information content (AvgIpc) is 3.45. The van der Waals surface area contributed by atoms with Crippen LogP contribution in [0.2, 0.25) is 0 Å². The van der Waals surface area contributed by atoms with Gasteiger partial charge in [-0.05, 0) is 18.2 Å². The Hall–Kier alpha value is -4.32. The van der Waals surface area contributed by atoms with Crippen LogP contribution in [-0.4, -0.2) is 75.3 Å². The molecule has 4 rings (SSSR count). The topological polar surface area (TPSA) is 116 Å². The van der Waals surface area contributed by atoms with Crippen molar-refractivity contribution in [3.63, 3.8) is 0 Å². The van der Waals surface area contributed by atoms with Gasteiger partial charge in [0, 0.05) is 51.3 Å². The number of aryl methyl sites for hydroxylation is 1. The highest BCUT2D eigenvalue weighted by molar-refractivity contribution is 6.11. The number of methoxy groups -OCH3 is 1. The lowest BCUT2D eigenvalue weighted by molar-refractivity contribution is 0.0740. The van der Waals surface area contributed by atoms with Gasteiger partial charge in [0.05, 0.1) is 18.4 Å². The van der Waals surface area contributed by atoms with Crippen molar-refractivity contribution in [3.8, 4) is 17.1 Å². The number of pyridine rings is 1. The molecule has 1 aromatic carbocycles.